The molecule has 32 heavy (non-hydrogen) atoms. The van der Waals surface area contributed by atoms with Crippen molar-refractivity contribution < 1.29 is 18.0 Å². The fourth-order valence-corrected chi connectivity index (χ4v) is 4.79. The quantitative estimate of drug-likeness (QED) is 0.445. The van der Waals surface area contributed by atoms with Crippen molar-refractivity contribution >= 4 is 17.8 Å². The van der Waals surface area contributed by atoms with E-state index in [-0.39, 0.29) is 11.1 Å². The van der Waals surface area contributed by atoms with Crippen LogP contribution in [0.5, 0.6) is 0 Å². The van der Waals surface area contributed by atoms with Crippen molar-refractivity contribution in [3.8, 4) is 0 Å². The Labute approximate surface area is 187 Å². The van der Waals surface area contributed by atoms with Gasteiger partial charge in [-0.05, 0) is 94.0 Å². The summed E-state index contributed by atoms with van der Waals surface area (Å²) in [6.07, 6.45) is -1.94. The van der Waals surface area contributed by atoms with Gasteiger partial charge in [-0.25, -0.2) is 5.43 Å². The zero-order valence-corrected chi connectivity index (χ0v) is 19.3. The SMILES string of the molecule is Cc1cc2c(cc1/C=N/NC(=O)c1cccc(C(F)(F)F)c1)C(C)CC(C)(C)N2C(C)C. The minimum absolute atomic E-state index is 0.0432. The number of benzene rings is 2. The molecule has 7 heteroatoms. The Bertz CT molecular complexity index is 1040. The second kappa shape index (κ2) is 8.60. The van der Waals surface area contributed by atoms with Gasteiger partial charge in [0, 0.05) is 22.8 Å². The molecule has 4 nitrogen and oxygen atoms in total. The van der Waals surface area contributed by atoms with Crippen LogP contribution in [0.3, 0.4) is 0 Å². The molecule has 0 aliphatic carbocycles. The van der Waals surface area contributed by atoms with Gasteiger partial charge in [0.25, 0.3) is 5.91 Å². The van der Waals surface area contributed by atoms with Crippen LogP contribution in [0.25, 0.3) is 0 Å². The Morgan fingerprint density at radius 1 is 1.25 bits per heavy atom. The Morgan fingerprint density at radius 3 is 2.56 bits per heavy atom. The number of carbonyl (C=O) groups excluding carboxylic acids is 1. The average molecular weight is 446 g/mol. The van der Waals surface area contributed by atoms with Crippen LogP contribution >= 0.6 is 0 Å². The molecule has 0 spiro atoms. The van der Waals surface area contributed by atoms with Crippen LogP contribution < -0.4 is 10.3 Å². The van der Waals surface area contributed by atoms with E-state index in [1.54, 1.807) is 6.21 Å². The lowest BCUT2D eigenvalue weighted by Crippen LogP contribution is -2.51. The molecule has 0 fully saturated rings. The molecule has 172 valence electrons. The molecule has 1 amide bonds. The molecule has 1 atom stereocenters. The normalized spacial score (nSPS) is 18.2. The first kappa shape index (κ1) is 23.8. The maximum Gasteiger partial charge on any atom is 0.416 e. The highest BCUT2D eigenvalue weighted by Crippen LogP contribution is 2.45. The van der Waals surface area contributed by atoms with E-state index in [9.17, 15) is 18.0 Å². The number of fused-ring (bicyclic) bond motifs is 1. The van der Waals surface area contributed by atoms with E-state index in [0.29, 0.717) is 12.0 Å². The van der Waals surface area contributed by atoms with Crippen LogP contribution in [-0.4, -0.2) is 23.7 Å². The van der Waals surface area contributed by atoms with Crippen LogP contribution in [-0.2, 0) is 6.18 Å². The standard InChI is InChI=1S/C25H30F3N3O/c1-15(2)31-22-10-16(3)19(12-21(22)17(4)13-24(31,5)6)14-29-30-23(32)18-8-7-9-20(11-18)25(26,27)28/h7-12,14-15,17H,13H2,1-6H3,(H,30,32)/b29-14+. The molecule has 1 unspecified atom stereocenters. The number of nitrogens with one attached hydrogen (secondary N) is 1. The number of alkyl halides is 3. The number of amides is 1. The number of hydrogen-bond acceptors (Lipinski definition) is 3. The highest BCUT2D eigenvalue weighted by molar-refractivity contribution is 5.95. The van der Waals surface area contributed by atoms with Crippen LogP contribution in [0.4, 0.5) is 18.9 Å². The summed E-state index contributed by atoms with van der Waals surface area (Å²) in [6, 6.07) is 8.88. The van der Waals surface area contributed by atoms with Crippen molar-refractivity contribution in [1.82, 2.24) is 5.43 Å². The first-order chi connectivity index (χ1) is 14.8. The summed E-state index contributed by atoms with van der Waals surface area (Å²) < 4.78 is 38.6. The summed E-state index contributed by atoms with van der Waals surface area (Å²) in [6.45, 7) is 13.1. The largest absolute Gasteiger partial charge is 0.416 e. The van der Waals surface area contributed by atoms with Gasteiger partial charge in [0.15, 0.2) is 0 Å². The fourth-order valence-electron chi connectivity index (χ4n) is 4.79. The second-order valence-electron chi connectivity index (χ2n) is 9.43. The first-order valence-corrected chi connectivity index (χ1v) is 10.8. The van der Waals surface area contributed by atoms with E-state index in [4.69, 9.17) is 0 Å². The van der Waals surface area contributed by atoms with Gasteiger partial charge in [-0.3, -0.25) is 4.79 Å². The van der Waals surface area contributed by atoms with E-state index in [1.165, 1.54) is 23.4 Å². The molecule has 2 aromatic rings. The molecule has 0 bridgehead atoms. The van der Waals surface area contributed by atoms with Gasteiger partial charge in [-0.2, -0.15) is 18.3 Å². The molecule has 0 saturated heterocycles. The van der Waals surface area contributed by atoms with E-state index in [2.05, 4.69) is 62.2 Å². The summed E-state index contributed by atoms with van der Waals surface area (Å²) in [5, 5.41) is 4.01. The van der Waals surface area contributed by atoms with Crippen molar-refractivity contribution in [2.45, 2.75) is 71.6 Å². The van der Waals surface area contributed by atoms with Crippen LogP contribution in [0.2, 0.25) is 0 Å². The van der Waals surface area contributed by atoms with Crippen molar-refractivity contribution in [3.63, 3.8) is 0 Å². The van der Waals surface area contributed by atoms with Gasteiger partial charge >= 0.3 is 6.18 Å². The number of carbonyl (C=O) groups is 1. The average Bonchev–Trinajstić information content (AvgIpc) is 2.67. The predicted molar refractivity (Wildman–Crippen MR) is 122 cm³/mol. The maximum atomic E-state index is 12.9. The zero-order valence-electron chi connectivity index (χ0n) is 19.3. The number of aryl methyl sites for hydroxylation is 1. The highest BCUT2D eigenvalue weighted by atomic mass is 19.4. The Balaban J connectivity index is 1.83. The number of anilines is 1. The Kier molecular flexibility index (Phi) is 6.40. The maximum absolute atomic E-state index is 12.9. The van der Waals surface area contributed by atoms with Crippen molar-refractivity contribution in [2.75, 3.05) is 4.90 Å². The minimum Gasteiger partial charge on any atom is -0.364 e. The summed E-state index contributed by atoms with van der Waals surface area (Å²) in [5.41, 5.74) is 5.74. The van der Waals surface area contributed by atoms with Gasteiger partial charge in [0.05, 0.1) is 11.8 Å². The molecule has 0 saturated carbocycles. The number of hydrogen-bond donors (Lipinski definition) is 1. The molecule has 2 aromatic carbocycles. The first-order valence-electron chi connectivity index (χ1n) is 10.8. The number of rotatable bonds is 4. The third-order valence-corrected chi connectivity index (χ3v) is 6.00. The molecule has 0 radical (unpaired) electrons. The van der Waals surface area contributed by atoms with Gasteiger partial charge in [0.1, 0.15) is 0 Å². The molecular weight excluding hydrogens is 415 g/mol. The van der Waals surface area contributed by atoms with Crippen LogP contribution in [0, 0.1) is 6.92 Å². The lowest BCUT2D eigenvalue weighted by atomic mass is 9.78. The van der Waals surface area contributed by atoms with Gasteiger partial charge < -0.3 is 4.90 Å². The monoisotopic (exact) mass is 445 g/mol. The minimum atomic E-state index is -4.51. The third-order valence-electron chi connectivity index (χ3n) is 6.00. The molecule has 1 aliphatic heterocycles. The summed E-state index contributed by atoms with van der Waals surface area (Å²) in [5.74, 6) is -0.327. The van der Waals surface area contributed by atoms with E-state index in [0.717, 1.165) is 29.7 Å². The van der Waals surface area contributed by atoms with Crippen molar-refractivity contribution in [1.29, 1.82) is 0 Å². The zero-order chi connectivity index (χ0) is 23.8. The fraction of sp³-hybridized carbons (Fsp3) is 0.440. The van der Waals surface area contributed by atoms with E-state index in [1.807, 2.05) is 6.92 Å². The molecule has 3 rings (SSSR count). The van der Waals surface area contributed by atoms with Crippen molar-refractivity contribution in [3.05, 3.63) is 64.2 Å². The van der Waals surface area contributed by atoms with Gasteiger partial charge in [-0.1, -0.05) is 13.0 Å². The Morgan fingerprint density at radius 2 is 1.94 bits per heavy atom. The number of nitrogens with zero attached hydrogens (tertiary/aromatic N) is 2. The van der Waals surface area contributed by atoms with Crippen LogP contribution in [0.1, 0.15) is 79.6 Å². The molecule has 1 N–H and O–H groups in total. The van der Waals surface area contributed by atoms with Crippen LogP contribution in [0.15, 0.2) is 41.5 Å². The molecule has 1 heterocycles. The van der Waals surface area contributed by atoms with Gasteiger partial charge in [0.2, 0.25) is 0 Å². The van der Waals surface area contributed by atoms with Crippen molar-refractivity contribution in [2.24, 2.45) is 5.10 Å². The molecule has 0 aromatic heterocycles. The summed E-state index contributed by atoms with van der Waals surface area (Å²) in [7, 11) is 0. The lowest BCUT2D eigenvalue weighted by molar-refractivity contribution is -0.137. The molecular formula is C25H30F3N3O. The highest BCUT2D eigenvalue weighted by Gasteiger charge is 2.38. The Hall–Kier alpha value is -2.83. The predicted octanol–water partition coefficient (Wildman–Crippen LogP) is 6.28. The smallest absolute Gasteiger partial charge is 0.364 e. The summed E-state index contributed by atoms with van der Waals surface area (Å²) in [4.78, 5) is 14.7. The lowest BCUT2D eigenvalue weighted by Gasteiger charge is -2.50. The van der Waals surface area contributed by atoms with Gasteiger partial charge in [-0.15, -0.1) is 0 Å². The molecule has 1 aliphatic rings. The number of halogens is 3. The summed E-state index contributed by atoms with van der Waals surface area (Å²) >= 11 is 0. The number of hydrazone groups is 1. The second-order valence-corrected chi connectivity index (χ2v) is 9.43. The third kappa shape index (κ3) is 4.81. The van der Waals surface area contributed by atoms with E-state index < -0.39 is 17.6 Å². The van der Waals surface area contributed by atoms with E-state index >= 15 is 0 Å². The topological polar surface area (TPSA) is 44.7 Å².